The molecule has 0 saturated carbocycles. The number of nitrogens with zero attached hydrogens (tertiary/aromatic N) is 2. The topological polar surface area (TPSA) is 23.6 Å². The van der Waals surface area contributed by atoms with E-state index in [9.17, 15) is 4.79 Å². The number of rotatable bonds is 3. The Bertz CT molecular complexity index is 718. The van der Waals surface area contributed by atoms with Crippen molar-refractivity contribution >= 4 is 35.0 Å². The largest absolute Gasteiger partial charge is 0.308 e. The molecule has 0 unspecified atom stereocenters. The Labute approximate surface area is 139 Å². The number of benzene rings is 2. The van der Waals surface area contributed by atoms with Crippen molar-refractivity contribution in [2.75, 3.05) is 32.1 Å². The molecule has 0 aromatic heterocycles. The fraction of sp³-hybridized carbons (Fsp3) is 0.235. The van der Waals surface area contributed by atoms with Crippen LogP contribution in [0.4, 0.5) is 5.69 Å². The molecule has 0 fully saturated rings. The van der Waals surface area contributed by atoms with Crippen molar-refractivity contribution in [3.8, 4) is 0 Å². The van der Waals surface area contributed by atoms with Crippen molar-refractivity contribution in [3.05, 3.63) is 53.1 Å². The maximum absolute atomic E-state index is 13.0. The van der Waals surface area contributed by atoms with Crippen LogP contribution in [-0.2, 0) is 0 Å². The summed E-state index contributed by atoms with van der Waals surface area (Å²) in [6.07, 6.45) is 0. The third-order valence-electron chi connectivity index (χ3n) is 3.58. The standard InChI is InChI=1S/C17H17ClN2OS/c1-19(2)10-11-20-14-8-5-7-13(18)16(14)22-15-9-4-3-6-12(15)17(20)21/h3-9H,10-11H2,1-2H3. The predicted molar refractivity (Wildman–Crippen MR) is 92.2 cm³/mol. The lowest BCUT2D eigenvalue weighted by molar-refractivity contribution is 0.0982. The third kappa shape index (κ3) is 2.86. The van der Waals surface area contributed by atoms with Gasteiger partial charge in [0.15, 0.2) is 0 Å². The van der Waals surface area contributed by atoms with E-state index in [1.807, 2.05) is 61.5 Å². The molecule has 0 N–H and O–H groups in total. The summed E-state index contributed by atoms with van der Waals surface area (Å²) in [4.78, 5) is 18.8. The number of fused-ring (bicyclic) bond motifs is 2. The van der Waals surface area contributed by atoms with Crippen LogP contribution >= 0.6 is 23.4 Å². The zero-order chi connectivity index (χ0) is 15.7. The van der Waals surface area contributed by atoms with Gasteiger partial charge in [-0.05, 0) is 38.4 Å². The quantitative estimate of drug-likeness (QED) is 0.848. The number of carbonyl (C=O) groups is 1. The molecule has 0 aliphatic carbocycles. The normalized spacial score (nSPS) is 13.8. The van der Waals surface area contributed by atoms with Gasteiger partial charge in [-0.25, -0.2) is 0 Å². The monoisotopic (exact) mass is 332 g/mol. The molecule has 5 heteroatoms. The molecule has 3 rings (SSSR count). The van der Waals surface area contributed by atoms with Crippen molar-refractivity contribution in [1.82, 2.24) is 4.90 Å². The number of hydrogen-bond acceptors (Lipinski definition) is 3. The van der Waals surface area contributed by atoms with Crippen LogP contribution in [0.1, 0.15) is 10.4 Å². The highest BCUT2D eigenvalue weighted by Gasteiger charge is 2.28. The Morgan fingerprint density at radius 3 is 2.68 bits per heavy atom. The number of amides is 1. The fourth-order valence-corrected chi connectivity index (χ4v) is 3.80. The molecule has 3 nitrogen and oxygen atoms in total. The van der Waals surface area contributed by atoms with Gasteiger partial charge in [-0.1, -0.05) is 41.6 Å². The molecule has 0 radical (unpaired) electrons. The number of carbonyl (C=O) groups excluding carboxylic acids is 1. The van der Waals surface area contributed by atoms with Gasteiger partial charge in [0.2, 0.25) is 0 Å². The smallest absolute Gasteiger partial charge is 0.259 e. The second kappa shape index (κ2) is 6.32. The van der Waals surface area contributed by atoms with Gasteiger partial charge in [-0.3, -0.25) is 4.79 Å². The van der Waals surface area contributed by atoms with E-state index in [0.717, 1.165) is 27.6 Å². The Morgan fingerprint density at radius 1 is 1.14 bits per heavy atom. The predicted octanol–water partition coefficient (Wildman–Crippen LogP) is 4.01. The molecule has 0 spiro atoms. The summed E-state index contributed by atoms with van der Waals surface area (Å²) in [5.74, 6) is 0.0333. The molecule has 0 atom stereocenters. The van der Waals surface area contributed by atoms with Crippen LogP contribution in [0, 0.1) is 0 Å². The summed E-state index contributed by atoms with van der Waals surface area (Å²) in [6, 6.07) is 13.4. The van der Waals surface area contributed by atoms with E-state index in [4.69, 9.17) is 11.6 Å². The molecule has 1 amide bonds. The SMILES string of the molecule is CN(C)CCN1C(=O)c2ccccc2Sc2c(Cl)cccc21. The second-order valence-corrected chi connectivity index (χ2v) is 6.91. The van der Waals surface area contributed by atoms with Gasteiger partial charge in [0, 0.05) is 18.0 Å². The first-order valence-corrected chi connectivity index (χ1v) is 8.29. The van der Waals surface area contributed by atoms with Crippen LogP contribution in [0.2, 0.25) is 5.02 Å². The van der Waals surface area contributed by atoms with Gasteiger partial charge >= 0.3 is 0 Å². The maximum Gasteiger partial charge on any atom is 0.259 e. The molecule has 0 saturated heterocycles. The number of halogens is 1. The van der Waals surface area contributed by atoms with E-state index in [-0.39, 0.29) is 5.91 Å². The van der Waals surface area contributed by atoms with Crippen LogP contribution in [0.25, 0.3) is 0 Å². The van der Waals surface area contributed by atoms with E-state index in [0.29, 0.717) is 11.6 Å². The first-order valence-electron chi connectivity index (χ1n) is 7.10. The molecule has 114 valence electrons. The van der Waals surface area contributed by atoms with Gasteiger partial charge in [-0.15, -0.1) is 0 Å². The van der Waals surface area contributed by atoms with Crippen molar-refractivity contribution in [2.45, 2.75) is 9.79 Å². The van der Waals surface area contributed by atoms with E-state index in [1.165, 1.54) is 0 Å². The minimum atomic E-state index is 0.0333. The minimum absolute atomic E-state index is 0.0333. The highest BCUT2D eigenvalue weighted by molar-refractivity contribution is 7.99. The lowest BCUT2D eigenvalue weighted by Gasteiger charge is -2.24. The van der Waals surface area contributed by atoms with Gasteiger partial charge in [0.25, 0.3) is 5.91 Å². The first kappa shape index (κ1) is 15.4. The number of anilines is 1. The molecular weight excluding hydrogens is 316 g/mol. The summed E-state index contributed by atoms with van der Waals surface area (Å²) < 4.78 is 0. The molecule has 22 heavy (non-hydrogen) atoms. The van der Waals surface area contributed by atoms with Crippen molar-refractivity contribution in [2.24, 2.45) is 0 Å². The van der Waals surface area contributed by atoms with Gasteiger partial charge in [0.1, 0.15) is 0 Å². The number of likely N-dealkylation sites (N-methyl/N-ethyl adjacent to an activating group) is 1. The lowest BCUT2D eigenvalue weighted by atomic mass is 10.1. The molecule has 1 heterocycles. The maximum atomic E-state index is 13.0. The van der Waals surface area contributed by atoms with Crippen molar-refractivity contribution in [1.29, 1.82) is 0 Å². The second-order valence-electron chi connectivity index (χ2n) is 5.45. The van der Waals surface area contributed by atoms with Gasteiger partial charge < -0.3 is 9.80 Å². The minimum Gasteiger partial charge on any atom is -0.308 e. The molecular formula is C17H17ClN2OS. The summed E-state index contributed by atoms with van der Waals surface area (Å²) in [5.41, 5.74) is 1.62. The van der Waals surface area contributed by atoms with E-state index < -0.39 is 0 Å². The van der Waals surface area contributed by atoms with Crippen molar-refractivity contribution < 1.29 is 4.79 Å². The summed E-state index contributed by atoms with van der Waals surface area (Å²) >= 11 is 7.95. The average molecular weight is 333 g/mol. The summed E-state index contributed by atoms with van der Waals surface area (Å²) in [6.45, 7) is 1.43. The zero-order valence-corrected chi connectivity index (χ0v) is 14.1. The third-order valence-corrected chi connectivity index (χ3v) is 5.22. The van der Waals surface area contributed by atoms with Gasteiger partial charge in [-0.2, -0.15) is 0 Å². The average Bonchev–Trinajstić information content (AvgIpc) is 2.61. The zero-order valence-electron chi connectivity index (χ0n) is 12.5. The number of hydrogen-bond donors (Lipinski definition) is 0. The Kier molecular flexibility index (Phi) is 4.43. The van der Waals surface area contributed by atoms with Crippen LogP contribution in [0.3, 0.4) is 0 Å². The Hall–Kier alpha value is -1.49. The molecule has 0 bridgehead atoms. The highest BCUT2D eigenvalue weighted by atomic mass is 35.5. The van der Waals surface area contributed by atoms with Crippen LogP contribution in [-0.4, -0.2) is 38.0 Å². The van der Waals surface area contributed by atoms with Gasteiger partial charge in [0.05, 0.1) is 21.2 Å². The first-order chi connectivity index (χ1) is 10.6. The fourth-order valence-electron chi connectivity index (χ4n) is 2.43. The Balaban J connectivity index is 2.12. The highest BCUT2D eigenvalue weighted by Crippen LogP contribution is 2.44. The molecule has 2 aromatic carbocycles. The van der Waals surface area contributed by atoms with Crippen LogP contribution in [0.5, 0.6) is 0 Å². The molecule has 2 aromatic rings. The molecule has 1 aliphatic rings. The van der Waals surface area contributed by atoms with Crippen LogP contribution < -0.4 is 4.90 Å². The van der Waals surface area contributed by atoms with E-state index in [1.54, 1.807) is 11.8 Å². The van der Waals surface area contributed by atoms with E-state index in [2.05, 4.69) is 4.90 Å². The molecule has 1 aliphatic heterocycles. The Morgan fingerprint density at radius 2 is 1.91 bits per heavy atom. The lowest BCUT2D eigenvalue weighted by Crippen LogP contribution is -2.36. The van der Waals surface area contributed by atoms with Crippen molar-refractivity contribution in [3.63, 3.8) is 0 Å². The van der Waals surface area contributed by atoms with E-state index >= 15 is 0 Å². The summed E-state index contributed by atoms with van der Waals surface area (Å²) in [7, 11) is 4.01. The summed E-state index contributed by atoms with van der Waals surface area (Å²) in [5, 5.41) is 0.682. The van der Waals surface area contributed by atoms with Crippen LogP contribution in [0.15, 0.2) is 52.3 Å².